The summed E-state index contributed by atoms with van der Waals surface area (Å²) in [6, 6.07) is 9.47. The van der Waals surface area contributed by atoms with Crippen LogP contribution in [0.3, 0.4) is 0 Å². The smallest absolute Gasteiger partial charge is 0.415 e. The molecule has 2 N–H and O–H groups in total. The molecule has 2 aliphatic rings. The number of ether oxygens (including phenoxy) is 1. The van der Waals surface area contributed by atoms with Crippen LogP contribution in [-0.4, -0.2) is 60.9 Å². The molecule has 3 aromatic rings. The minimum absolute atomic E-state index is 0.119. The van der Waals surface area contributed by atoms with E-state index < -0.39 is 19.8 Å². The van der Waals surface area contributed by atoms with E-state index in [1.54, 1.807) is 29.0 Å². The Hall–Kier alpha value is -3.04. The van der Waals surface area contributed by atoms with Gasteiger partial charge in [0, 0.05) is 18.8 Å². The van der Waals surface area contributed by atoms with Crippen molar-refractivity contribution in [3.8, 4) is 22.5 Å². The van der Waals surface area contributed by atoms with Gasteiger partial charge < -0.3 is 19.0 Å². The molecule has 0 radical (unpaired) electrons. The Morgan fingerprint density at radius 2 is 2.06 bits per heavy atom. The third-order valence-electron chi connectivity index (χ3n) is 5.39. The molecule has 160 valence electrons. The van der Waals surface area contributed by atoms with Crippen LogP contribution >= 0.6 is 7.57 Å². The number of hydrogen-bond acceptors (Lipinski definition) is 8. The van der Waals surface area contributed by atoms with Crippen molar-refractivity contribution in [2.24, 2.45) is 7.05 Å². The highest BCUT2D eigenvalue weighted by Crippen LogP contribution is 2.42. The zero-order valence-electron chi connectivity index (χ0n) is 16.6. The number of carbonyl (C=O) groups is 1. The SMILES string of the molecule is C=P(O)(O)OC[C@@H]1OC(=O)N2c3ccc(-c4ccc(-c5cn(C)nn5)nc4)cc3C[C@@H]12. The zero-order chi connectivity index (χ0) is 21.8. The highest BCUT2D eigenvalue weighted by atomic mass is 31.2. The van der Waals surface area contributed by atoms with Gasteiger partial charge in [-0.05, 0) is 42.0 Å². The lowest BCUT2D eigenvalue weighted by Crippen LogP contribution is -2.35. The predicted octanol–water partition coefficient (Wildman–Crippen LogP) is 1.99. The van der Waals surface area contributed by atoms with Gasteiger partial charge in [0.25, 0.3) is 0 Å². The number of fused-ring (bicyclic) bond motifs is 3. The van der Waals surface area contributed by atoms with Crippen molar-refractivity contribution in [3.05, 3.63) is 48.3 Å². The molecule has 1 aromatic carbocycles. The van der Waals surface area contributed by atoms with Gasteiger partial charge in [-0.2, -0.15) is 0 Å². The van der Waals surface area contributed by atoms with E-state index in [4.69, 9.17) is 9.26 Å². The first-order valence-electron chi connectivity index (χ1n) is 9.58. The second-order valence-electron chi connectivity index (χ2n) is 7.58. The maximum Gasteiger partial charge on any atom is 0.415 e. The number of hydrogen-bond donors (Lipinski definition) is 2. The average Bonchev–Trinajstić information content (AvgIpc) is 3.41. The molecule has 5 rings (SSSR count). The molecule has 1 saturated heterocycles. The molecule has 1 amide bonds. The molecule has 0 bridgehead atoms. The van der Waals surface area contributed by atoms with E-state index >= 15 is 0 Å². The number of amides is 1. The molecule has 11 heteroatoms. The number of cyclic esters (lactones) is 1. The Morgan fingerprint density at radius 3 is 2.74 bits per heavy atom. The molecule has 1 fully saturated rings. The van der Waals surface area contributed by atoms with Crippen LogP contribution in [-0.2, 0) is 22.7 Å². The second kappa shape index (κ2) is 7.28. The average molecular weight is 441 g/mol. The molecule has 31 heavy (non-hydrogen) atoms. The van der Waals surface area contributed by atoms with E-state index in [1.807, 2.05) is 30.3 Å². The van der Waals surface area contributed by atoms with E-state index in [1.165, 1.54) is 0 Å². The van der Waals surface area contributed by atoms with Crippen LogP contribution in [0, 0.1) is 0 Å². The van der Waals surface area contributed by atoms with Gasteiger partial charge in [0.05, 0.1) is 30.2 Å². The van der Waals surface area contributed by atoms with Gasteiger partial charge in [-0.15, -0.1) is 5.10 Å². The summed E-state index contributed by atoms with van der Waals surface area (Å²) in [5.74, 6) is 0. The fourth-order valence-electron chi connectivity index (χ4n) is 3.97. The van der Waals surface area contributed by atoms with Crippen molar-refractivity contribution in [1.82, 2.24) is 20.0 Å². The maximum absolute atomic E-state index is 12.4. The number of aromatic nitrogens is 4. The van der Waals surface area contributed by atoms with Crippen molar-refractivity contribution in [2.45, 2.75) is 18.6 Å². The van der Waals surface area contributed by atoms with Gasteiger partial charge in [-0.3, -0.25) is 14.6 Å². The minimum Gasteiger partial charge on any atom is -0.441 e. The van der Waals surface area contributed by atoms with Gasteiger partial charge >= 0.3 is 6.09 Å². The second-order valence-corrected chi connectivity index (χ2v) is 9.16. The largest absolute Gasteiger partial charge is 0.441 e. The van der Waals surface area contributed by atoms with Gasteiger partial charge in [0.2, 0.25) is 7.57 Å². The molecule has 0 aliphatic carbocycles. The lowest BCUT2D eigenvalue weighted by molar-refractivity contribution is 0.0852. The lowest BCUT2D eigenvalue weighted by atomic mass is 10.0. The molecule has 2 aromatic heterocycles. The highest BCUT2D eigenvalue weighted by molar-refractivity contribution is 7.57. The first-order chi connectivity index (χ1) is 14.8. The van der Waals surface area contributed by atoms with Gasteiger partial charge in [-0.25, -0.2) is 4.79 Å². The number of rotatable bonds is 5. The Balaban J connectivity index is 1.37. The van der Waals surface area contributed by atoms with Crippen LogP contribution in [0.1, 0.15) is 5.56 Å². The molecule has 0 spiro atoms. The number of aryl methyl sites for hydroxylation is 1. The third kappa shape index (κ3) is 3.75. The first kappa shape index (κ1) is 19.9. The van der Waals surface area contributed by atoms with Gasteiger partial charge in [0.15, 0.2) is 0 Å². The molecule has 2 atom stereocenters. The van der Waals surface area contributed by atoms with Crippen LogP contribution in [0.15, 0.2) is 42.7 Å². The predicted molar refractivity (Wildman–Crippen MR) is 114 cm³/mol. The van der Waals surface area contributed by atoms with Crippen molar-refractivity contribution in [2.75, 3.05) is 11.5 Å². The first-order valence-corrected chi connectivity index (χ1v) is 11.4. The quantitative estimate of drug-likeness (QED) is 0.577. The standard InChI is InChI=1S/C20H20N5O5P/c1-24-10-16(22-23-24)15-5-3-13(9-21-15)12-4-6-17-14(7-12)8-18-19(11-29-31(2,27)28)30-20(26)25(17)18/h3-7,9-10,18-19,27-28H,2,8,11H2,1H3/t18-,19-/m0/s1. The van der Waals surface area contributed by atoms with Crippen molar-refractivity contribution >= 4 is 25.6 Å². The summed E-state index contributed by atoms with van der Waals surface area (Å²) in [4.78, 5) is 37.2. The summed E-state index contributed by atoms with van der Waals surface area (Å²) < 4.78 is 12.0. The summed E-state index contributed by atoms with van der Waals surface area (Å²) in [5.41, 5.74) is 5.15. The van der Waals surface area contributed by atoms with Crippen molar-refractivity contribution in [3.63, 3.8) is 0 Å². The third-order valence-corrected chi connectivity index (χ3v) is 5.95. The molecular formula is C20H20N5O5P. The number of benzene rings is 1. The summed E-state index contributed by atoms with van der Waals surface area (Å²) in [6.07, 6.45) is 6.27. The number of carbonyl (C=O) groups excluding carboxylic acids is 1. The van der Waals surface area contributed by atoms with Gasteiger partial charge in [0.1, 0.15) is 11.8 Å². The minimum atomic E-state index is -3.65. The fourth-order valence-corrected chi connectivity index (χ4v) is 4.36. The van der Waals surface area contributed by atoms with Crippen molar-refractivity contribution in [1.29, 1.82) is 0 Å². The normalized spacial score (nSPS) is 20.0. The number of anilines is 1. The molecule has 4 heterocycles. The summed E-state index contributed by atoms with van der Waals surface area (Å²) in [5, 5.41) is 8.00. The Bertz CT molecular complexity index is 1200. The Kier molecular flexibility index (Phi) is 4.67. The van der Waals surface area contributed by atoms with Crippen molar-refractivity contribution < 1.29 is 23.8 Å². The molecule has 2 aliphatic heterocycles. The molecule has 0 unspecified atom stereocenters. The lowest BCUT2D eigenvalue weighted by Gasteiger charge is -2.18. The van der Waals surface area contributed by atoms with Crippen LogP contribution in [0.2, 0.25) is 0 Å². The van der Waals surface area contributed by atoms with E-state index in [2.05, 4.69) is 21.6 Å². The Morgan fingerprint density at radius 1 is 1.26 bits per heavy atom. The highest BCUT2D eigenvalue weighted by Gasteiger charge is 2.47. The fraction of sp³-hybridized carbons (Fsp3) is 0.250. The summed E-state index contributed by atoms with van der Waals surface area (Å²) in [6.45, 7) is -0.119. The van der Waals surface area contributed by atoms with E-state index in [0.29, 0.717) is 12.1 Å². The van der Waals surface area contributed by atoms with Crippen LogP contribution in [0.5, 0.6) is 0 Å². The van der Waals surface area contributed by atoms with Crippen LogP contribution in [0.25, 0.3) is 22.5 Å². The maximum atomic E-state index is 12.4. The van der Waals surface area contributed by atoms with Gasteiger partial charge in [-0.1, -0.05) is 17.3 Å². The van der Waals surface area contributed by atoms with E-state index in [-0.39, 0.29) is 12.6 Å². The Labute approximate surface area is 177 Å². The topological polar surface area (TPSA) is 123 Å². The van der Waals surface area contributed by atoms with Crippen LogP contribution < -0.4 is 4.90 Å². The van der Waals surface area contributed by atoms with E-state index in [9.17, 15) is 14.6 Å². The van der Waals surface area contributed by atoms with E-state index in [0.717, 1.165) is 28.1 Å². The number of nitrogens with zero attached hydrogens (tertiary/aromatic N) is 5. The summed E-state index contributed by atoms with van der Waals surface area (Å²) >= 11 is 0. The number of pyridine rings is 1. The van der Waals surface area contributed by atoms with Crippen LogP contribution in [0.4, 0.5) is 10.5 Å². The zero-order valence-corrected chi connectivity index (χ0v) is 17.5. The molecular weight excluding hydrogens is 421 g/mol. The molecule has 0 saturated carbocycles. The molecule has 10 nitrogen and oxygen atoms in total. The monoisotopic (exact) mass is 441 g/mol. The summed E-state index contributed by atoms with van der Waals surface area (Å²) in [7, 11) is -1.84.